The second kappa shape index (κ2) is 9.68. The molecule has 0 heterocycles. The zero-order valence-electron chi connectivity index (χ0n) is 9.67. The Balaban J connectivity index is 3.05. The first kappa shape index (κ1) is 14.1. The van der Waals surface area contributed by atoms with Crippen molar-refractivity contribution < 1.29 is 14.3 Å². The minimum absolute atomic E-state index is 0.157. The maximum Gasteiger partial charge on any atom is 0.305 e. The molecule has 1 N–H and O–H groups in total. The molecule has 0 aromatic rings. The number of methoxy groups -OCH3 is 1. The molecule has 0 aliphatic rings. The summed E-state index contributed by atoms with van der Waals surface area (Å²) in [4.78, 5) is 10.7. The number of nitrogens with one attached hydrogen (secondary N) is 1. The van der Waals surface area contributed by atoms with Crippen molar-refractivity contribution in [1.29, 1.82) is 0 Å². The van der Waals surface area contributed by atoms with Crippen LogP contribution >= 0.6 is 0 Å². The van der Waals surface area contributed by atoms with Gasteiger partial charge in [-0.3, -0.25) is 4.79 Å². The van der Waals surface area contributed by atoms with E-state index in [1.807, 2.05) is 6.92 Å². The van der Waals surface area contributed by atoms with Gasteiger partial charge >= 0.3 is 5.97 Å². The Labute approximate surface area is 91.6 Å². The van der Waals surface area contributed by atoms with Gasteiger partial charge in [0.05, 0.1) is 20.3 Å². The quantitative estimate of drug-likeness (QED) is 0.356. The largest absolute Gasteiger partial charge is 0.469 e. The van der Waals surface area contributed by atoms with Gasteiger partial charge in [0.2, 0.25) is 0 Å². The van der Waals surface area contributed by atoms with Crippen LogP contribution in [0, 0.1) is 0 Å². The SMILES string of the molecule is C=C(C)COCCNCCCC(=O)OC. The van der Waals surface area contributed by atoms with E-state index in [0.717, 1.165) is 25.1 Å². The van der Waals surface area contributed by atoms with Crippen LogP contribution < -0.4 is 5.32 Å². The van der Waals surface area contributed by atoms with Gasteiger partial charge in [0, 0.05) is 13.0 Å². The van der Waals surface area contributed by atoms with Crippen LogP contribution in [0.3, 0.4) is 0 Å². The highest BCUT2D eigenvalue weighted by Crippen LogP contribution is 1.90. The molecule has 0 saturated heterocycles. The van der Waals surface area contributed by atoms with Crippen LogP contribution in [0.15, 0.2) is 12.2 Å². The van der Waals surface area contributed by atoms with Gasteiger partial charge in [0.15, 0.2) is 0 Å². The van der Waals surface area contributed by atoms with Gasteiger partial charge in [-0.15, -0.1) is 0 Å². The van der Waals surface area contributed by atoms with Crippen molar-refractivity contribution >= 4 is 5.97 Å². The molecule has 0 rings (SSSR count). The molecule has 0 radical (unpaired) electrons. The molecule has 0 bridgehead atoms. The minimum atomic E-state index is -0.157. The summed E-state index contributed by atoms with van der Waals surface area (Å²) in [7, 11) is 1.40. The molecule has 0 atom stereocenters. The van der Waals surface area contributed by atoms with Crippen LogP contribution in [-0.4, -0.2) is 39.4 Å². The van der Waals surface area contributed by atoms with Crippen molar-refractivity contribution in [1.82, 2.24) is 5.32 Å². The van der Waals surface area contributed by atoms with Crippen LogP contribution in [-0.2, 0) is 14.3 Å². The van der Waals surface area contributed by atoms with E-state index >= 15 is 0 Å². The Morgan fingerprint density at radius 1 is 1.40 bits per heavy atom. The van der Waals surface area contributed by atoms with E-state index in [1.165, 1.54) is 7.11 Å². The Hall–Kier alpha value is -0.870. The van der Waals surface area contributed by atoms with Gasteiger partial charge < -0.3 is 14.8 Å². The van der Waals surface area contributed by atoms with E-state index in [0.29, 0.717) is 19.6 Å². The fraction of sp³-hybridized carbons (Fsp3) is 0.727. The Morgan fingerprint density at radius 3 is 2.73 bits per heavy atom. The number of hydrogen-bond donors (Lipinski definition) is 1. The van der Waals surface area contributed by atoms with Gasteiger partial charge in [-0.2, -0.15) is 0 Å². The maximum absolute atomic E-state index is 10.7. The van der Waals surface area contributed by atoms with Gasteiger partial charge in [-0.1, -0.05) is 12.2 Å². The van der Waals surface area contributed by atoms with Crippen molar-refractivity contribution in [2.24, 2.45) is 0 Å². The Bertz CT molecular complexity index is 192. The van der Waals surface area contributed by atoms with Crippen LogP contribution in [0.25, 0.3) is 0 Å². The van der Waals surface area contributed by atoms with E-state index in [4.69, 9.17) is 4.74 Å². The summed E-state index contributed by atoms with van der Waals surface area (Å²) in [5.41, 5.74) is 1.03. The highest BCUT2D eigenvalue weighted by Gasteiger charge is 1.98. The molecule has 0 aliphatic carbocycles. The third kappa shape index (κ3) is 11.1. The van der Waals surface area contributed by atoms with Crippen LogP contribution in [0.4, 0.5) is 0 Å². The number of esters is 1. The topological polar surface area (TPSA) is 47.6 Å². The molecular weight excluding hydrogens is 194 g/mol. The third-order valence-electron chi connectivity index (χ3n) is 1.73. The predicted molar refractivity (Wildman–Crippen MR) is 59.8 cm³/mol. The number of hydrogen-bond acceptors (Lipinski definition) is 4. The molecule has 0 unspecified atom stereocenters. The highest BCUT2D eigenvalue weighted by atomic mass is 16.5. The van der Waals surface area contributed by atoms with Gasteiger partial charge in [0.25, 0.3) is 0 Å². The summed E-state index contributed by atoms with van der Waals surface area (Å²) in [6, 6.07) is 0. The van der Waals surface area contributed by atoms with Crippen LogP contribution in [0.1, 0.15) is 19.8 Å². The molecule has 0 amide bonds. The summed E-state index contributed by atoms with van der Waals surface area (Å²) < 4.78 is 9.81. The molecule has 0 aliphatic heterocycles. The Kier molecular flexibility index (Phi) is 9.11. The minimum Gasteiger partial charge on any atom is -0.469 e. The molecule has 15 heavy (non-hydrogen) atoms. The van der Waals surface area contributed by atoms with Gasteiger partial charge in [-0.05, 0) is 19.9 Å². The molecular formula is C11H21NO3. The third-order valence-corrected chi connectivity index (χ3v) is 1.73. The van der Waals surface area contributed by atoms with Crippen molar-refractivity contribution in [3.8, 4) is 0 Å². The first-order valence-corrected chi connectivity index (χ1v) is 5.16. The molecule has 4 heteroatoms. The van der Waals surface area contributed by atoms with E-state index in [2.05, 4.69) is 16.6 Å². The molecule has 0 aromatic carbocycles. The predicted octanol–water partition coefficient (Wildman–Crippen LogP) is 1.12. The van der Waals surface area contributed by atoms with Crippen molar-refractivity contribution in [3.63, 3.8) is 0 Å². The van der Waals surface area contributed by atoms with Gasteiger partial charge in [0.1, 0.15) is 0 Å². The zero-order chi connectivity index (χ0) is 11.5. The average molecular weight is 215 g/mol. The molecule has 0 fully saturated rings. The summed E-state index contributed by atoms with van der Waals surface area (Å²) in [5.74, 6) is -0.157. The zero-order valence-corrected chi connectivity index (χ0v) is 9.67. The smallest absolute Gasteiger partial charge is 0.305 e. The maximum atomic E-state index is 10.7. The van der Waals surface area contributed by atoms with E-state index in [1.54, 1.807) is 0 Å². The summed E-state index contributed by atoms with van der Waals surface area (Å²) in [5, 5.41) is 3.18. The molecule has 0 saturated carbocycles. The van der Waals surface area contributed by atoms with E-state index in [9.17, 15) is 4.79 Å². The highest BCUT2D eigenvalue weighted by molar-refractivity contribution is 5.68. The monoisotopic (exact) mass is 215 g/mol. The van der Waals surface area contributed by atoms with E-state index < -0.39 is 0 Å². The number of carbonyl (C=O) groups excluding carboxylic acids is 1. The lowest BCUT2D eigenvalue weighted by atomic mass is 10.3. The fourth-order valence-electron chi connectivity index (χ4n) is 0.976. The lowest BCUT2D eigenvalue weighted by Crippen LogP contribution is -2.21. The second-order valence-corrected chi connectivity index (χ2v) is 3.44. The lowest BCUT2D eigenvalue weighted by molar-refractivity contribution is -0.140. The van der Waals surface area contributed by atoms with Crippen molar-refractivity contribution in [2.75, 3.05) is 33.4 Å². The second-order valence-electron chi connectivity index (χ2n) is 3.44. The first-order valence-electron chi connectivity index (χ1n) is 5.16. The number of carbonyl (C=O) groups is 1. The summed E-state index contributed by atoms with van der Waals surface area (Å²) in [6.45, 7) is 8.57. The lowest BCUT2D eigenvalue weighted by Gasteiger charge is -2.05. The van der Waals surface area contributed by atoms with Gasteiger partial charge in [-0.25, -0.2) is 0 Å². The summed E-state index contributed by atoms with van der Waals surface area (Å²) >= 11 is 0. The van der Waals surface area contributed by atoms with Crippen LogP contribution in [0.2, 0.25) is 0 Å². The van der Waals surface area contributed by atoms with E-state index in [-0.39, 0.29) is 5.97 Å². The Morgan fingerprint density at radius 2 is 2.13 bits per heavy atom. The summed E-state index contributed by atoms with van der Waals surface area (Å²) in [6.07, 6.45) is 1.27. The molecule has 4 nitrogen and oxygen atoms in total. The van der Waals surface area contributed by atoms with Crippen molar-refractivity contribution in [3.05, 3.63) is 12.2 Å². The normalized spacial score (nSPS) is 10.0. The first-order chi connectivity index (χ1) is 7.16. The fourth-order valence-corrected chi connectivity index (χ4v) is 0.976. The standard InChI is InChI=1S/C11H21NO3/c1-10(2)9-15-8-7-12-6-4-5-11(13)14-3/h12H,1,4-9H2,2-3H3. The number of ether oxygens (including phenoxy) is 2. The molecule has 0 aromatic heterocycles. The average Bonchev–Trinajstić information content (AvgIpc) is 2.21. The number of rotatable bonds is 9. The van der Waals surface area contributed by atoms with Crippen LogP contribution in [0.5, 0.6) is 0 Å². The molecule has 88 valence electrons. The molecule has 0 spiro atoms. The van der Waals surface area contributed by atoms with Crippen molar-refractivity contribution in [2.45, 2.75) is 19.8 Å².